The van der Waals surface area contributed by atoms with Gasteiger partial charge in [0.2, 0.25) is 11.6 Å². The first kappa shape index (κ1) is 55.2. The molecular formula is C48H51N3Na2O10S3. The van der Waals surface area contributed by atoms with Gasteiger partial charge in [0, 0.05) is 59.6 Å². The number of allylic oxidation sites excluding steroid dienone is 8. The molecule has 0 aliphatic carbocycles. The topological polar surface area (TPSA) is 207 Å². The number of carbonyl (C=O) groups is 1. The van der Waals surface area contributed by atoms with Crippen molar-refractivity contribution in [3.8, 4) is 12.3 Å². The number of hydrogen-bond donors (Lipinski definition) is 1. The molecule has 0 saturated heterocycles. The summed E-state index contributed by atoms with van der Waals surface area (Å²) in [5.74, 6) is 1.84. The standard InChI is InChI=1S/C48H53N3O10S3.2Na/c1-6-28-49-44(52)19-13-10-14-29-50-40-26-20-34-32-36(63(56,57)58)22-24-38(34)45(40)47(2,3)42(50)17-11-8-7-9-12-18-43-48(4,5)46-39-25-23-37(64(59,60)61)33-35(39)21-27-41(46)51(43)30-15-16-31-62(53,54)55;;/h1,7-9,11-12,17-18,20-27,32-33H,10,13-16,19,28-31H2,2-5H3,(H3-,49,52,53,54,55,56,57,58,59,60,61);;/q;2*+1/p-2. The van der Waals surface area contributed by atoms with E-state index < -0.39 is 46.9 Å². The van der Waals surface area contributed by atoms with Gasteiger partial charge >= 0.3 is 59.1 Å². The Labute approximate surface area is 433 Å². The first-order valence-corrected chi connectivity index (χ1v) is 25.3. The molecule has 0 atom stereocenters. The van der Waals surface area contributed by atoms with Crippen molar-refractivity contribution < 1.29 is 107 Å². The van der Waals surface area contributed by atoms with Crippen molar-refractivity contribution in [3.63, 3.8) is 0 Å². The Balaban J connectivity index is 0.00000476. The Morgan fingerprint density at radius 3 is 1.92 bits per heavy atom. The Kier molecular flexibility index (Phi) is 18.7. The molecule has 0 aromatic heterocycles. The smallest absolute Gasteiger partial charge is 0.748 e. The monoisotopic (exact) mass is 971 g/mol. The summed E-state index contributed by atoms with van der Waals surface area (Å²) in [4.78, 5) is 13.6. The Morgan fingerprint density at radius 1 is 0.727 bits per heavy atom. The van der Waals surface area contributed by atoms with E-state index in [0.717, 1.165) is 57.5 Å². The van der Waals surface area contributed by atoms with E-state index in [0.29, 0.717) is 43.1 Å². The van der Waals surface area contributed by atoms with Crippen LogP contribution < -0.4 is 69.3 Å². The van der Waals surface area contributed by atoms with E-state index in [4.69, 9.17) is 6.42 Å². The number of carbonyl (C=O) groups excluding carboxylic acids is 1. The summed E-state index contributed by atoms with van der Waals surface area (Å²) in [7, 11) is -13.7. The van der Waals surface area contributed by atoms with Crippen LogP contribution in [0.5, 0.6) is 0 Å². The van der Waals surface area contributed by atoms with Crippen molar-refractivity contribution in [2.45, 2.75) is 86.8 Å². The zero-order valence-electron chi connectivity index (χ0n) is 38.2. The van der Waals surface area contributed by atoms with Gasteiger partial charge in [-0.2, -0.15) is 4.58 Å². The van der Waals surface area contributed by atoms with E-state index in [1.54, 1.807) is 18.2 Å². The van der Waals surface area contributed by atoms with Crippen LogP contribution in [0.3, 0.4) is 0 Å². The minimum atomic E-state index is -4.67. The van der Waals surface area contributed by atoms with Crippen LogP contribution in [-0.4, -0.2) is 80.5 Å². The SMILES string of the molecule is C#CCNC(=O)CCCCC[N+]1=C(/C=C/C=C/C=C/C=C2/N(CCCCS(=O)(=O)[O-])c3ccc4cc(S(=O)(=O)[O-])ccc4c3C2(C)C)C(C)(C)c2c1ccc1cc(S(=O)(=O)[O-])ccc21.[Na+].[Na+]. The van der Waals surface area contributed by atoms with Gasteiger partial charge in [-0.15, -0.1) is 6.42 Å². The number of nitrogens with zero attached hydrogens (tertiary/aromatic N) is 2. The molecule has 2 heterocycles. The Hall–Kier alpha value is -3.41. The second-order valence-corrected chi connectivity index (χ2v) is 21.3. The van der Waals surface area contributed by atoms with E-state index in [-0.39, 0.29) is 87.8 Å². The maximum Gasteiger partial charge on any atom is 1.00 e. The number of terminal acetylenes is 1. The maximum absolute atomic E-state index is 12.1. The molecule has 0 bridgehead atoms. The fourth-order valence-electron chi connectivity index (χ4n) is 8.94. The van der Waals surface area contributed by atoms with Crippen LogP contribution in [0.25, 0.3) is 21.5 Å². The molecule has 338 valence electrons. The van der Waals surface area contributed by atoms with E-state index in [1.807, 2.05) is 74.6 Å². The summed E-state index contributed by atoms with van der Waals surface area (Å²) >= 11 is 0. The van der Waals surface area contributed by atoms with Crippen molar-refractivity contribution in [2.75, 3.05) is 30.3 Å². The number of anilines is 1. The molecule has 6 rings (SSSR count). The van der Waals surface area contributed by atoms with Gasteiger partial charge in [0.15, 0.2) is 5.71 Å². The first-order valence-electron chi connectivity index (χ1n) is 20.9. The average Bonchev–Trinajstić information content (AvgIpc) is 3.57. The molecule has 0 saturated carbocycles. The number of rotatable bonds is 18. The number of hydrogen-bond acceptors (Lipinski definition) is 11. The second kappa shape index (κ2) is 22.3. The van der Waals surface area contributed by atoms with Gasteiger partial charge in [-0.25, -0.2) is 25.3 Å². The van der Waals surface area contributed by atoms with Crippen LogP contribution >= 0.6 is 0 Å². The number of amides is 1. The molecule has 13 nitrogen and oxygen atoms in total. The number of fused-ring (bicyclic) bond motifs is 6. The van der Waals surface area contributed by atoms with Crippen LogP contribution in [0.4, 0.5) is 11.4 Å². The van der Waals surface area contributed by atoms with E-state index in [9.17, 15) is 43.7 Å². The van der Waals surface area contributed by atoms with Gasteiger partial charge in [-0.1, -0.05) is 68.3 Å². The largest absolute Gasteiger partial charge is 1.00 e. The molecule has 1 amide bonds. The van der Waals surface area contributed by atoms with Gasteiger partial charge in [0.25, 0.3) is 0 Å². The van der Waals surface area contributed by atoms with Gasteiger partial charge in [0.05, 0.1) is 31.9 Å². The summed E-state index contributed by atoms with van der Waals surface area (Å²) in [6.45, 7) is 9.57. The quantitative estimate of drug-likeness (QED) is 0.0374. The third-order valence-corrected chi connectivity index (χ3v) is 14.3. The normalized spacial score (nSPS) is 16.3. The summed E-state index contributed by atoms with van der Waals surface area (Å²) in [5.41, 5.74) is 4.55. The first-order chi connectivity index (χ1) is 30.1. The molecule has 4 aromatic rings. The third kappa shape index (κ3) is 12.6. The molecule has 18 heteroatoms. The minimum absolute atomic E-state index is 0. The van der Waals surface area contributed by atoms with Gasteiger partial charge in [0.1, 0.15) is 26.8 Å². The van der Waals surface area contributed by atoms with Gasteiger partial charge < -0.3 is 23.9 Å². The average molecular weight is 972 g/mol. The summed E-state index contributed by atoms with van der Waals surface area (Å²) < 4.78 is 107. The van der Waals surface area contributed by atoms with Crippen LogP contribution in [0, 0.1) is 12.3 Å². The van der Waals surface area contributed by atoms with E-state index in [2.05, 4.69) is 34.6 Å². The maximum atomic E-state index is 12.1. The van der Waals surface area contributed by atoms with Crippen molar-refractivity contribution in [2.24, 2.45) is 0 Å². The zero-order chi connectivity index (χ0) is 46.7. The molecule has 0 radical (unpaired) electrons. The molecule has 0 unspecified atom stereocenters. The second-order valence-electron chi connectivity index (χ2n) is 17.0. The van der Waals surface area contributed by atoms with Gasteiger partial charge in [-0.05, 0) is 109 Å². The van der Waals surface area contributed by atoms with Crippen molar-refractivity contribution >= 4 is 74.9 Å². The van der Waals surface area contributed by atoms with Crippen LogP contribution in [0.1, 0.15) is 77.3 Å². The van der Waals surface area contributed by atoms with Crippen molar-refractivity contribution in [3.05, 3.63) is 120 Å². The van der Waals surface area contributed by atoms with Crippen LogP contribution in [0.2, 0.25) is 0 Å². The van der Waals surface area contributed by atoms with Crippen LogP contribution in [0.15, 0.2) is 119 Å². The summed E-state index contributed by atoms with van der Waals surface area (Å²) in [6.07, 6.45) is 22.1. The molecule has 2 aliphatic heterocycles. The molecule has 0 spiro atoms. The number of unbranched alkanes of at least 4 members (excludes halogenated alkanes) is 3. The van der Waals surface area contributed by atoms with E-state index in [1.165, 1.54) is 24.3 Å². The predicted octanol–water partition coefficient (Wildman–Crippen LogP) is 1.17. The fraction of sp³-hybridized carbons (Fsp3) is 0.333. The van der Waals surface area contributed by atoms with Crippen molar-refractivity contribution in [1.82, 2.24) is 5.32 Å². The van der Waals surface area contributed by atoms with Crippen molar-refractivity contribution in [1.29, 1.82) is 0 Å². The third-order valence-electron chi connectivity index (χ3n) is 11.9. The van der Waals surface area contributed by atoms with Gasteiger partial charge in [-0.3, -0.25) is 4.79 Å². The number of nitrogens with one attached hydrogen (secondary N) is 1. The minimum Gasteiger partial charge on any atom is -0.748 e. The molecule has 1 N–H and O–H groups in total. The zero-order valence-corrected chi connectivity index (χ0v) is 44.6. The Morgan fingerprint density at radius 2 is 1.32 bits per heavy atom. The molecular weight excluding hydrogens is 921 g/mol. The molecule has 0 fully saturated rings. The Bertz CT molecular complexity index is 3060. The molecule has 66 heavy (non-hydrogen) atoms. The van der Waals surface area contributed by atoms with Crippen LogP contribution in [-0.2, 0) is 46.0 Å². The summed E-state index contributed by atoms with van der Waals surface area (Å²) in [6, 6.07) is 16.2. The predicted molar refractivity (Wildman–Crippen MR) is 247 cm³/mol. The summed E-state index contributed by atoms with van der Waals surface area (Å²) in [5, 5.41) is 5.55. The van der Waals surface area contributed by atoms with E-state index >= 15 is 0 Å². The number of benzene rings is 4. The molecule has 4 aromatic carbocycles. The fourth-order valence-corrected chi connectivity index (χ4v) is 10.5. The molecule has 2 aliphatic rings.